The highest BCUT2D eigenvalue weighted by Crippen LogP contribution is 2.35. The van der Waals surface area contributed by atoms with Crippen LogP contribution >= 0.6 is 11.3 Å². The number of ketones is 1. The molecule has 0 unspecified atom stereocenters. The van der Waals surface area contributed by atoms with Gasteiger partial charge in [-0.3, -0.25) is 9.59 Å². The fourth-order valence-corrected chi connectivity index (χ4v) is 2.88. The van der Waals surface area contributed by atoms with Crippen LogP contribution < -0.4 is 0 Å². The molecule has 0 spiro atoms. The Balaban J connectivity index is 1.79. The number of Topliss-reactive ketones (excluding diaryl/α,β-unsaturated/α-hetero) is 1. The van der Waals surface area contributed by atoms with Crippen LogP contribution in [0.4, 0.5) is 0 Å². The number of carbonyl (C=O) groups excluding carboxylic acids is 2. The Bertz CT molecular complexity index is 792. The van der Waals surface area contributed by atoms with Gasteiger partial charge in [0.1, 0.15) is 11.8 Å². The number of furan rings is 2. The first-order valence-corrected chi connectivity index (χ1v) is 7.20. The molecule has 0 N–H and O–H groups in total. The lowest BCUT2D eigenvalue weighted by molar-refractivity contribution is -0.140. The van der Waals surface area contributed by atoms with Gasteiger partial charge in [0.25, 0.3) is 0 Å². The first-order chi connectivity index (χ1) is 10.2. The van der Waals surface area contributed by atoms with E-state index in [0.717, 1.165) is 21.4 Å². The summed E-state index contributed by atoms with van der Waals surface area (Å²) in [6.45, 7) is 0. The largest absolute Gasteiger partial charge is 0.469 e. The molecule has 0 saturated heterocycles. The van der Waals surface area contributed by atoms with Gasteiger partial charge in [-0.15, -0.1) is 11.3 Å². The highest BCUT2D eigenvalue weighted by molar-refractivity contribution is 7.17. The van der Waals surface area contributed by atoms with Gasteiger partial charge >= 0.3 is 5.97 Å². The van der Waals surface area contributed by atoms with Crippen LogP contribution in [0.2, 0.25) is 0 Å². The van der Waals surface area contributed by atoms with Crippen molar-refractivity contribution in [1.82, 2.24) is 0 Å². The maximum absolute atomic E-state index is 11.9. The molecule has 21 heavy (non-hydrogen) atoms. The Morgan fingerprint density at radius 2 is 2.10 bits per heavy atom. The minimum atomic E-state index is -0.412. The summed E-state index contributed by atoms with van der Waals surface area (Å²) in [5, 5.41) is 1.94. The number of hydrogen-bond acceptors (Lipinski definition) is 6. The summed E-state index contributed by atoms with van der Waals surface area (Å²) in [7, 11) is 1.29. The van der Waals surface area contributed by atoms with Crippen molar-refractivity contribution in [3.8, 4) is 11.1 Å². The number of hydrogen-bond donors (Lipinski definition) is 0. The van der Waals surface area contributed by atoms with Gasteiger partial charge in [0.05, 0.1) is 24.5 Å². The van der Waals surface area contributed by atoms with Crippen molar-refractivity contribution in [2.24, 2.45) is 0 Å². The zero-order valence-electron chi connectivity index (χ0n) is 11.3. The second-order valence-corrected chi connectivity index (χ2v) is 5.38. The third kappa shape index (κ3) is 2.62. The number of methoxy groups -OCH3 is 1. The molecule has 0 aromatic carbocycles. The molecule has 3 rings (SSSR count). The molecular formula is C15H12O5S. The van der Waals surface area contributed by atoms with Gasteiger partial charge in [-0.25, -0.2) is 0 Å². The topological polar surface area (TPSA) is 69.7 Å². The molecule has 5 nitrogen and oxygen atoms in total. The van der Waals surface area contributed by atoms with Crippen molar-refractivity contribution in [3.05, 3.63) is 35.8 Å². The summed E-state index contributed by atoms with van der Waals surface area (Å²) in [6, 6.07) is 3.57. The summed E-state index contributed by atoms with van der Waals surface area (Å²) < 4.78 is 16.3. The number of carbonyl (C=O) groups is 2. The Morgan fingerprint density at radius 1 is 1.24 bits per heavy atom. The number of rotatable bonds is 5. The average Bonchev–Trinajstić information content (AvgIpc) is 3.18. The lowest BCUT2D eigenvalue weighted by Gasteiger charge is -1.96. The maximum atomic E-state index is 11.9. The zero-order valence-corrected chi connectivity index (χ0v) is 12.1. The summed E-state index contributed by atoms with van der Waals surface area (Å²) in [6.07, 6.45) is 3.29. The van der Waals surface area contributed by atoms with Gasteiger partial charge in [-0.1, -0.05) is 0 Å². The van der Waals surface area contributed by atoms with E-state index in [1.165, 1.54) is 13.4 Å². The third-order valence-corrected chi connectivity index (χ3v) is 4.08. The Labute approximate surface area is 124 Å². The quantitative estimate of drug-likeness (QED) is 0.528. The SMILES string of the molecule is COC(=O)CCC(=O)c1cc(-c2coc3ccsc23)co1. The van der Waals surface area contributed by atoms with Crippen LogP contribution in [-0.2, 0) is 9.53 Å². The highest BCUT2D eigenvalue weighted by Gasteiger charge is 2.16. The molecule has 0 aliphatic carbocycles. The Hall–Kier alpha value is -2.34. The summed E-state index contributed by atoms with van der Waals surface area (Å²) >= 11 is 1.57. The molecule has 0 radical (unpaired) electrons. The molecule has 0 atom stereocenters. The molecule has 0 saturated carbocycles. The number of fused-ring (bicyclic) bond motifs is 1. The lowest BCUT2D eigenvalue weighted by Crippen LogP contribution is -2.05. The molecule has 0 aliphatic rings. The van der Waals surface area contributed by atoms with E-state index >= 15 is 0 Å². The molecule has 3 aromatic rings. The van der Waals surface area contributed by atoms with Gasteiger partial charge in [-0.05, 0) is 17.5 Å². The van der Waals surface area contributed by atoms with Crippen molar-refractivity contribution in [1.29, 1.82) is 0 Å². The van der Waals surface area contributed by atoms with Crippen molar-refractivity contribution >= 4 is 33.4 Å². The van der Waals surface area contributed by atoms with Crippen molar-refractivity contribution in [3.63, 3.8) is 0 Å². The first-order valence-electron chi connectivity index (χ1n) is 6.32. The Morgan fingerprint density at radius 3 is 2.90 bits per heavy atom. The predicted octanol–water partition coefficient (Wildman–Crippen LogP) is 3.89. The smallest absolute Gasteiger partial charge is 0.305 e. The van der Waals surface area contributed by atoms with E-state index in [0.29, 0.717) is 0 Å². The van der Waals surface area contributed by atoms with E-state index in [2.05, 4.69) is 4.74 Å². The van der Waals surface area contributed by atoms with E-state index in [1.807, 2.05) is 11.4 Å². The summed E-state index contributed by atoms with van der Waals surface area (Å²) in [5.74, 6) is -0.400. The number of thiophene rings is 1. The van der Waals surface area contributed by atoms with Crippen LogP contribution in [0.15, 0.2) is 38.9 Å². The van der Waals surface area contributed by atoms with Crippen LogP contribution in [0.3, 0.4) is 0 Å². The van der Waals surface area contributed by atoms with E-state index in [9.17, 15) is 9.59 Å². The molecule has 108 valence electrons. The van der Waals surface area contributed by atoms with E-state index in [1.54, 1.807) is 23.7 Å². The molecule has 6 heteroatoms. The van der Waals surface area contributed by atoms with Crippen LogP contribution in [0.5, 0.6) is 0 Å². The van der Waals surface area contributed by atoms with Gasteiger partial charge in [-0.2, -0.15) is 0 Å². The minimum Gasteiger partial charge on any atom is -0.469 e. The highest BCUT2D eigenvalue weighted by atomic mass is 32.1. The zero-order chi connectivity index (χ0) is 14.8. The van der Waals surface area contributed by atoms with Gasteiger partial charge in [0, 0.05) is 17.5 Å². The normalized spacial score (nSPS) is 10.9. The van der Waals surface area contributed by atoms with Crippen LogP contribution in [-0.4, -0.2) is 18.9 Å². The van der Waals surface area contributed by atoms with Crippen molar-refractivity contribution in [2.75, 3.05) is 7.11 Å². The molecule has 0 fully saturated rings. The second-order valence-electron chi connectivity index (χ2n) is 4.46. The third-order valence-electron chi connectivity index (χ3n) is 3.15. The van der Waals surface area contributed by atoms with Gasteiger partial charge in [0.2, 0.25) is 0 Å². The van der Waals surface area contributed by atoms with E-state index < -0.39 is 5.97 Å². The molecule has 0 amide bonds. The first kappa shape index (κ1) is 13.6. The van der Waals surface area contributed by atoms with E-state index in [4.69, 9.17) is 8.83 Å². The van der Waals surface area contributed by atoms with Crippen molar-refractivity contribution in [2.45, 2.75) is 12.8 Å². The molecular weight excluding hydrogens is 292 g/mol. The van der Waals surface area contributed by atoms with Crippen LogP contribution in [0.1, 0.15) is 23.4 Å². The maximum Gasteiger partial charge on any atom is 0.305 e. The van der Waals surface area contributed by atoms with Crippen LogP contribution in [0.25, 0.3) is 21.4 Å². The van der Waals surface area contributed by atoms with Gasteiger partial charge in [0.15, 0.2) is 11.5 Å². The van der Waals surface area contributed by atoms with Crippen LogP contribution in [0, 0.1) is 0 Å². The molecule has 3 heterocycles. The summed E-state index contributed by atoms with van der Waals surface area (Å²) in [4.78, 5) is 23.0. The summed E-state index contributed by atoms with van der Waals surface area (Å²) in [5.41, 5.74) is 2.50. The molecule has 0 bridgehead atoms. The minimum absolute atomic E-state index is 0.0479. The number of esters is 1. The lowest BCUT2D eigenvalue weighted by atomic mass is 10.1. The molecule has 3 aromatic heterocycles. The fourth-order valence-electron chi connectivity index (χ4n) is 2.03. The predicted molar refractivity (Wildman–Crippen MR) is 77.4 cm³/mol. The second kappa shape index (κ2) is 5.57. The van der Waals surface area contributed by atoms with Gasteiger partial charge < -0.3 is 13.6 Å². The monoisotopic (exact) mass is 304 g/mol. The standard InChI is InChI=1S/C15H12O5S/c1-18-14(17)3-2-11(16)13-6-9(7-19-13)10-8-20-12-4-5-21-15(10)12/h4-8H,2-3H2,1H3. The fraction of sp³-hybridized carbons (Fsp3) is 0.200. The number of ether oxygens (including phenoxy) is 1. The van der Waals surface area contributed by atoms with E-state index in [-0.39, 0.29) is 24.4 Å². The average molecular weight is 304 g/mol. The Kier molecular flexibility index (Phi) is 3.62. The van der Waals surface area contributed by atoms with Crippen molar-refractivity contribution < 1.29 is 23.2 Å². The molecule has 0 aliphatic heterocycles.